The number of benzene rings is 3. The number of hydrogen-bond donors (Lipinski definition) is 1. The van der Waals surface area contributed by atoms with Crippen LogP contribution in [0.3, 0.4) is 0 Å². The van der Waals surface area contributed by atoms with Crippen LogP contribution in [0, 0.1) is 0 Å². The van der Waals surface area contributed by atoms with Crippen LogP contribution in [0.2, 0.25) is 0 Å². The van der Waals surface area contributed by atoms with Gasteiger partial charge in [0.2, 0.25) is 0 Å². The van der Waals surface area contributed by atoms with Gasteiger partial charge in [-0.2, -0.15) is 0 Å². The summed E-state index contributed by atoms with van der Waals surface area (Å²) in [4.78, 5) is 4.67. The molecule has 1 N–H and O–H groups in total. The van der Waals surface area contributed by atoms with Gasteiger partial charge in [0.25, 0.3) is 0 Å². The zero-order valence-corrected chi connectivity index (χ0v) is 16.5. The van der Waals surface area contributed by atoms with E-state index in [4.69, 9.17) is 4.74 Å². The summed E-state index contributed by atoms with van der Waals surface area (Å²) in [6.45, 7) is 0.550. The summed E-state index contributed by atoms with van der Waals surface area (Å²) in [6.07, 6.45) is 1.86. The number of methoxy groups -OCH3 is 1. The van der Waals surface area contributed by atoms with Gasteiger partial charge in [-0.05, 0) is 28.3 Å². The molecule has 3 aromatic carbocycles. The predicted octanol–water partition coefficient (Wildman–Crippen LogP) is 5.63. The van der Waals surface area contributed by atoms with Gasteiger partial charge in [0.15, 0.2) is 0 Å². The standard InChI is InChI=1S/C26H24N2O/c1-29-20-21-17-18-25(27-19-21)28-26(22-11-5-2-6-12-22,23-13-7-3-8-14-23)24-15-9-4-10-16-24/h2-19H,20H2,1H3,(H,27,28). The molecule has 0 saturated carbocycles. The largest absolute Gasteiger partial charge is 0.380 e. The monoisotopic (exact) mass is 380 g/mol. The fourth-order valence-corrected chi connectivity index (χ4v) is 3.72. The van der Waals surface area contributed by atoms with Gasteiger partial charge in [-0.25, -0.2) is 4.98 Å². The Labute approximate surface area is 172 Å². The van der Waals surface area contributed by atoms with Crippen molar-refractivity contribution in [3.63, 3.8) is 0 Å². The van der Waals surface area contributed by atoms with Crippen LogP contribution in [0.15, 0.2) is 109 Å². The van der Waals surface area contributed by atoms with Gasteiger partial charge in [0.1, 0.15) is 11.4 Å². The average Bonchev–Trinajstić information content (AvgIpc) is 2.80. The zero-order chi connectivity index (χ0) is 19.9. The quantitative estimate of drug-likeness (QED) is 0.422. The van der Waals surface area contributed by atoms with Crippen molar-refractivity contribution in [2.45, 2.75) is 12.1 Å². The van der Waals surface area contributed by atoms with Crippen molar-refractivity contribution in [3.8, 4) is 0 Å². The maximum atomic E-state index is 5.22. The number of pyridine rings is 1. The van der Waals surface area contributed by atoms with Crippen molar-refractivity contribution in [1.82, 2.24) is 4.98 Å². The van der Waals surface area contributed by atoms with E-state index in [1.807, 2.05) is 36.5 Å². The Kier molecular flexibility index (Phi) is 5.68. The lowest BCUT2D eigenvalue weighted by molar-refractivity contribution is 0.184. The van der Waals surface area contributed by atoms with E-state index in [1.165, 1.54) is 0 Å². The van der Waals surface area contributed by atoms with E-state index >= 15 is 0 Å². The predicted molar refractivity (Wildman–Crippen MR) is 118 cm³/mol. The van der Waals surface area contributed by atoms with Gasteiger partial charge in [0, 0.05) is 13.3 Å². The Morgan fingerprint density at radius 2 is 1.17 bits per heavy atom. The molecule has 4 rings (SSSR count). The maximum absolute atomic E-state index is 5.22. The highest BCUT2D eigenvalue weighted by molar-refractivity contribution is 5.58. The molecular formula is C26H24N2O. The lowest BCUT2D eigenvalue weighted by Crippen LogP contribution is -2.38. The van der Waals surface area contributed by atoms with Crippen molar-refractivity contribution >= 4 is 5.82 Å². The number of nitrogens with one attached hydrogen (secondary N) is 1. The molecule has 1 aromatic heterocycles. The zero-order valence-electron chi connectivity index (χ0n) is 16.5. The molecule has 0 bridgehead atoms. The van der Waals surface area contributed by atoms with E-state index in [0.29, 0.717) is 6.61 Å². The molecule has 0 saturated heterocycles. The number of rotatable bonds is 7. The van der Waals surface area contributed by atoms with Crippen molar-refractivity contribution < 1.29 is 4.74 Å². The molecule has 0 radical (unpaired) electrons. The Morgan fingerprint density at radius 1 is 0.690 bits per heavy atom. The first-order valence-electron chi connectivity index (χ1n) is 9.71. The molecule has 0 atom stereocenters. The molecule has 0 unspecified atom stereocenters. The normalized spacial score (nSPS) is 11.2. The first-order valence-corrected chi connectivity index (χ1v) is 9.71. The van der Waals surface area contributed by atoms with E-state index in [0.717, 1.165) is 28.1 Å². The number of ether oxygens (including phenoxy) is 1. The number of nitrogens with zero attached hydrogens (tertiary/aromatic N) is 1. The van der Waals surface area contributed by atoms with Crippen LogP contribution in [-0.4, -0.2) is 12.1 Å². The smallest absolute Gasteiger partial charge is 0.127 e. The average molecular weight is 380 g/mol. The van der Waals surface area contributed by atoms with Gasteiger partial charge in [-0.1, -0.05) is 97.1 Å². The lowest BCUT2D eigenvalue weighted by atomic mass is 9.77. The summed E-state index contributed by atoms with van der Waals surface area (Å²) in [5.74, 6) is 0.807. The highest BCUT2D eigenvalue weighted by Gasteiger charge is 2.36. The molecule has 4 aromatic rings. The van der Waals surface area contributed by atoms with Gasteiger partial charge in [-0.3, -0.25) is 0 Å². The summed E-state index contributed by atoms with van der Waals surface area (Å²) >= 11 is 0. The molecule has 0 fully saturated rings. The molecule has 29 heavy (non-hydrogen) atoms. The van der Waals surface area contributed by atoms with E-state index < -0.39 is 5.54 Å². The molecule has 3 heteroatoms. The minimum atomic E-state index is -0.570. The van der Waals surface area contributed by atoms with Gasteiger partial charge >= 0.3 is 0 Å². The van der Waals surface area contributed by atoms with E-state index in [-0.39, 0.29) is 0 Å². The van der Waals surface area contributed by atoms with Crippen LogP contribution >= 0.6 is 0 Å². The Balaban J connectivity index is 1.90. The fraction of sp³-hybridized carbons (Fsp3) is 0.115. The molecule has 0 amide bonds. The molecule has 3 nitrogen and oxygen atoms in total. The van der Waals surface area contributed by atoms with Crippen LogP contribution in [0.25, 0.3) is 0 Å². The van der Waals surface area contributed by atoms with Crippen LogP contribution < -0.4 is 5.32 Å². The van der Waals surface area contributed by atoms with E-state index in [2.05, 4.69) is 83.1 Å². The van der Waals surface area contributed by atoms with Crippen LogP contribution in [0.1, 0.15) is 22.3 Å². The van der Waals surface area contributed by atoms with E-state index in [1.54, 1.807) is 7.11 Å². The first-order chi connectivity index (χ1) is 14.3. The van der Waals surface area contributed by atoms with Crippen LogP contribution in [-0.2, 0) is 16.9 Å². The number of hydrogen-bond acceptors (Lipinski definition) is 3. The molecule has 0 aliphatic rings. The molecular weight excluding hydrogens is 356 g/mol. The summed E-state index contributed by atoms with van der Waals surface area (Å²) in [6, 6.07) is 35.6. The topological polar surface area (TPSA) is 34.1 Å². The molecule has 144 valence electrons. The molecule has 0 spiro atoms. The first kappa shape index (κ1) is 18.9. The van der Waals surface area contributed by atoms with Crippen molar-refractivity contribution in [2.24, 2.45) is 0 Å². The highest BCUT2D eigenvalue weighted by atomic mass is 16.5. The Hall–Kier alpha value is -3.43. The summed E-state index contributed by atoms with van der Waals surface area (Å²) in [5, 5.41) is 3.76. The van der Waals surface area contributed by atoms with Crippen molar-refractivity contribution in [1.29, 1.82) is 0 Å². The molecule has 0 aliphatic carbocycles. The third-order valence-corrected chi connectivity index (χ3v) is 5.07. The summed E-state index contributed by atoms with van der Waals surface area (Å²) in [7, 11) is 1.69. The van der Waals surface area contributed by atoms with Crippen molar-refractivity contribution in [2.75, 3.05) is 12.4 Å². The highest BCUT2D eigenvalue weighted by Crippen LogP contribution is 2.39. The minimum absolute atomic E-state index is 0.550. The maximum Gasteiger partial charge on any atom is 0.127 e. The third-order valence-electron chi connectivity index (χ3n) is 5.07. The summed E-state index contributed by atoms with van der Waals surface area (Å²) in [5.41, 5.74) is 3.93. The fourth-order valence-electron chi connectivity index (χ4n) is 3.72. The molecule has 0 aliphatic heterocycles. The van der Waals surface area contributed by atoms with E-state index in [9.17, 15) is 0 Å². The molecule has 1 heterocycles. The second-order valence-electron chi connectivity index (χ2n) is 6.96. The van der Waals surface area contributed by atoms with Gasteiger partial charge < -0.3 is 10.1 Å². The Bertz CT molecular complexity index is 920. The van der Waals surface area contributed by atoms with Crippen LogP contribution in [0.5, 0.6) is 0 Å². The SMILES string of the molecule is COCc1ccc(NC(c2ccccc2)(c2ccccc2)c2ccccc2)nc1. The van der Waals surface area contributed by atoms with Gasteiger partial charge in [0.05, 0.1) is 6.61 Å². The minimum Gasteiger partial charge on any atom is -0.380 e. The van der Waals surface area contributed by atoms with Crippen LogP contribution in [0.4, 0.5) is 5.82 Å². The lowest BCUT2D eigenvalue weighted by Gasteiger charge is -2.37. The third kappa shape index (κ3) is 3.91. The second-order valence-corrected chi connectivity index (χ2v) is 6.96. The summed E-state index contributed by atoms with van der Waals surface area (Å²) < 4.78 is 5.22. The Morgan fingerprint density at radius 3 is 1.55 bits per heavy atom. The number of aromatic nitrogens is 1. The van der Waals surface area contributed by atoms with Gasteiger partial charge in [-0.15, -0.1) is 0 Å². The number of anilines is 1. The second kappa shape index (κ2) is 8.72. The van der Waals surface area contributed by atoms with Crippen molar-refractivity contribution in [3.05, 3.63) is 132 Å².